The summed E-state index contributed by atoms with van der Waals surface area (Å²) in [4.78, 5) is 0. The zero-order chi connectivity index (χ0) is 13.6. The van der Waals surface area contributed by atoms with Gasteiger partial charge < -0.3 is 21.3 Å². The maximum absolute atomic E-state index is 8.63. The minimum Gasteiger partial charge on any atom is -0.392 e. The Morgan fingerprint density at radius 3 is 1.89 bits per heavy atom. The first-order valence-corrected chi connectivity index (χ1v) is 6.38. The lowest BCUT2D eigenvalue weighted by Crippen LogP contribution is -2.08. The summed E-state index contributed by atoms with van der Waals surface area (Å²) in [6.07, 6.45) is 1.90. The van der Waals surface area contributed by atoms with Crippen molar-refractivity contribution in [2.45, 2.75) is 26.4 Å². The van der Waals surface area contributed by atoms with Crippen LogP contribution in [0.25, 0.3) is 0 Å². The Labute approximate surface area is 110 Å². The molecule has 4 nitrogen and oxygen atoms in total. The van der Waals surface area contributed by atoms with E-state index >= 15 is 0 Å². The summed E-state index contributed by atoms with van der Waals surface area (Å²) in [7, 11) is 0. The number of nitrogens with two attached hydrogens (primary N) is 2. The number of aryl methyl sites for hydroxylation is 1. The van der Waals surface area contributed by atoms with E-state index in [9.17, 15) is 0 Å². The van der Waals surface area contributed by atoms with E-state index in [-0.39, 0.29) is 6.61 Å². The summed E-state index contributed by atoms with van der Waals surface area (Å²) in [5, 5.41) is 8.63. The molecular weight excluding hydrogens is 228 g/mol. The lowest BCUT2D eigenvalue weighted by atomic mass is 10.2. The molecular formula is C14H26N2O2. The van der Waals surface area contributed by atoms with E-state index in [1.165, 1.54) is 5.56 Å². The second-order valence-electron chi connectivity index (χ2n) is 4.04. The van der Waals surface area contributed by atoms with E-state index in [4.69, 9.17) is 21.3 Å². The van der Waals surface area contributed by atoms with Gasteiger partial charge in [-0.05, 0) is 38.4 Å². The molecule has 0 bridgehead atoms. The number of hydrogen-bond donors (Lipinski definition) is 3. The van der Waals surface area contributed by atoms with Crippen LogP contribution in [0.2, 0.25) is 0 Å². The number of rotatable bonds is 7. The normalized spacial score (nSPS) is 9.78. The second kappa shape index (κ2) is 12.5. The standard InChI is InChI=1S/C8H10O.C6H16N2O/c1-7-2-4-8(6-9)5-3-7;7-3-1-5-9-6-2-4-8/h2-5,9H,6H2,1H3;1-8H2. The zero-order valence-electron chi connectivity index (χ0n) is 11.3. The molecule has 0 fully saturated rings. The molecule has 0 unspecified atom stereocenters. The molecule has 0 aromatic heterocycles. The molecule has 4 heteroatoms. The molecule has 0 saturated heterocycles. The molecule has 0 spiro atoms. The second-order valence-corrected chi connectivity index (χ2v) is 4.04. The van der Waals surface area contributed by atoms with Crippen molar-refractivity contribution in [3.63, 3.8) is 0 Å². The SMILES string of the molecule is Cc1ccc(CO)cc1.NCCCOCCCN. The minimum atomic E-state index is 0.139. The molecule has 0 atom stereocenters. The number of aliphatic hydroxyl groups is 1. The van der Waals surface area contributed by atoms with E-state index in [1.54, 1.807) is 0 Å². The lowest BCUT2D eigenvalue weighted by molar-refractivity contribution is 0.132. The van der Waals surface area contributed by atoms with Crippen LogP contribution in [0.5, 0.6) is 0 Å². The van der Waals surface area contributed by atoms with Gasteiger partial charge in [0.2, 0.25) is 0 Å². The molecule has 0 aliphatic rings. The van der Waals surface area contributed by atoms with Crippen LogP contribution >= 0.6 is 0 Å². The van der Waals surface area contributed by atoms with Crippen molar-refractivity contribution in [1.82, 2.24) is 0 Å². The third-order valence-corrected chi connectivity index (χ3v) is 2.29. The van der Waals surface area contributed by atoms with Crippen LogP contribution in [-0.4, -0.2) is 31.4 Å². The minimum absolute atomic E-state index is 0.139. The highest BCUT2D eigenvalue weighted by molar-refractivity contribution is 5.20. The maximum atomic E-state index is 8.63. The van der Waals surface area contributed by atoms with Crippen molar-refractivity contribution in [3.8, 4) is 0 Å². The zero-order valence-corrected chi connectivity index (χ0v) is 11.3. The Kier molecular flexibility index (Phi) is 11.9. The molecule has 0 aliphatic heterocycles. The first kappa shape index (κ1) is 17.1. The van der Waals surface area contributed by atoms with Gasteiger partial charge in [-0.15, -0.1) is 0 Å². The van der Waals surface area contributed by atoms with Crippen molar-refractivity contribution in [1.29, 1.82) is 0 Å². The molecule has 104 valence electrons. The van der Waals surface area contributed by atoms with Gasteiger partial charge in [-0.2, -0.15) is 0 Å². The highest BCUT2D eigenvalue weighted by Crippen LogP contribution is 2.01. The first-order chi connectivity index (χ1) is 8.74. The molecule has 5 N–H and O–H groups in total. The third-order valence-electron chi connectivity index (χ3n) is 2.29. The van der Waals surface area contributed by atoms with E-state index in [1.807, 2.05) is 31.2 Å². The van der Waals surface area contributed by atoms with Gasteiger partial charge in [0.25, 0.3) is 0 Å². The largest absolute Gasteiger partial charge is 0.392 e. The van der Waals surface area contributed by atoms with Gasteiger partial charge in [-0.1, -0.05) is 29.8 Å². The molecule has 18 heavy (non-hydrogen) atoms. The van der Waals surface area contributed by atoms with E-state index in [2.05, 4.69) is 0 Å². The highest BCUT2D eigenvalue weighted by atomic mass is 16.5. The Balaban J connectivity index is 0.000000321. The predicted octanol–water partition coefficient (Wildman–Crippen LogP) is 1.19. The highest BCUT2D eigenvalue weighted by Gasteiger charge is 1.86. The fourth-order valence-electron chi connectivity index (χ4n) is 1.17. The van der Waals surface area contributed by atoms with Gasteiger partial charge in [0.15, 0.2) is 0 Å². The van der Waals surface area contributed by atoms with Gasteiger partial charge in [0.05, 0.1) is 6.61 Å². The molecule has 1 aromatic carbocycles. The van der Waals surface area contributed by atoms with Gasteiger partial charge in [-0.3, -0.25) is 0 Å². The molecule has 0 saturated carbocycles. The Hall–Kier alpha value is -0.940. The van der Waals surface area contributed by atoms with Crippen LogP contribution in [0.4, 0.5) is 0 Å². The summed E-state index contributed by atoms with van der Waals surface area (Å²) in [5.74, 6) is 0. The van der Waals surface area contributed by atoms with Gasteiger partial charge in [-0.25, -0.2) is 0 Å². The summed E-state index contributed by atoms with van der Waals surface area (Å²) in [6.45, 7) is 5.14. The average molecular weight is 254 g/mol. The Bertz CT molecular complexity index is 270. The summed E-state index contributed by atoms with van der Waals surface area (Å²) < 4.78 is 5.15. The number of aliphatic hydroxyl groups excluding tert-OH is 1. The van der Waals surface area contributed by atoms with Crippen molar-refractivity contribution in [3.05, 3.63) is 35.4 Å². The van der Waals surface area contributed by atoms with Crippen molar-refractivity contribution in [2.75, 3.05) is 26.3 Å². The molecule has 0 aliphatic carbocycles. The molecule has 1 aromatic rings. The fourth-order valence-corrected chi connectivity index (χ4v) is 1.17. The smallest absolute Gasteiger partial charge is 0.0681 e. The molecule has 1 rings (SSSR count). The fraction of sp³-hybridized carbons (Fsp3) is 0.571. The van der Waals surface area contributed by atoms with E-state index in [0.29, 0.717) is 13.1 Å². The monoisotopic (exact) mass is 254 g/mol. The quantitative estimate of drug-likeness (QED) is 0.638. The summed E-state index contributed by atoms with van der Waals surface area (Å²) >= 11 is 0. The summed E-state index contributed by atoms with van der Waals surface area (Å²) in [6, 6.07) is 7.84. The Morgan fingerprint density at radius 1 is 1.00 bits per heavy atom. The third kappa shape index (κ3) is 10.2. The number of ether oxygens (including phenoxy) is 1. The predicted molar refractivity (Wildman–Crippen MR) is 75.3 cm³/mol. The van der Waals surface area contributed by atoms with Crippen molar-refractivity contribution < 1.29 is 9.84 Å². The molecule has 0 heterocycles. The van der Waals surface area contributed by atoms with Crippen LogP contribution in [0.3, 0.4) is 0 Å². The van der Waals surface area contributed by atoms with E-state index < -0.39 is 0 Å². The average Bonchev–Trinajstić information content (AvgIpc) is 2.40. The van der Waals surface area contributed by atoms with E-state index in [0.717, 1.165) is 31.6 Å². The molecule has 0 radical (unpaired) electrons. The van der Waals surface area contributed by atoms with Crippen LogP contribution in [-0.2, 0) is 11.3 Å². The summed E-state index contributed by atoms with van der Waals surface area (Å²) in [5.41, 5.74) is 12.7. The van der Waals surface area contributed by atoms with Crippen LogP contribution in [0.15, 0.2) is 24.3 Å². The van der Waals surface area contributed by atoms with Crippen LogP contribution in [0.1, 0.15) is 24.0 Å². The van der Waals surface area contributed by atoms with Crippen molar-refractivity contribution >= 4 is 0 Å². The molecule has 0 amide bonds. The Morgan fingerprint density at radius 2 is 1.50 bits per heavy atom. The lowest BCUT2D eigenvalue weighted by Gasteiger charge is -1.99. The topological polar surface area (TPSA) is 81.5 Å². The number of benzene rings is 1. The maximum Gasteiger partial charge on any atom is 0.0681 e. The van der Waals surface area contributed by atoms with Gasteiger partial charge in [0.1, 0.15) is 0 Å². The van der Waals surface area contributed by atoms with Gasteiger partial charge in [0, 0.05) is 13.2 Å². The van der Waals surface area contributed by atoms with Crippen molar-refractivity contribution in [2.24, 2.45) is 11.5 Å². The van der Waals surface area contributed by atoms with Gasteiger partial charge >= 0.3 is 0 Å². The number of hydrogen-bond acceptors (Lipinski definition) is 4. The first-order valence-electron chi connectivity index (χ1n) is 6.38. The van der Waals surface area contributed by atoms with Crippen LogP contribution < -0.4 is 11.5 Å². The van der Waals surface area contributed by atoms with Crippen LogP contribution in [0, 0.1) is 6.92 Å².